The number of carboxylic acid groups (broad SMARTS) is 1. The largest absolute Gasteiger partial charge is 1.00 e. The molecule has 0 heterocycles. The summed E-state index contributed by atoms with van der Waals surface area (Å²) in [5, 5.41) is 10.3. The maximum absolute atomic E-state index is 10.3. The van der Waals surface area contributed by atoms with Gasteiger partial charge in [-0.1, -0.05) is 18.2 Å². The molecule has 0 bridgehead atoms. The van der Waals surface area contributed by atoms with E-state index >= 15 is 0 Å². The molecular formula is C7H4INaO2. The van der Waals surface area contributed by atoms with E-state index in [1.54, 1.807) is 18.2 Å². The van der Waals surface area contributed by atoms with Crippen molar-refractivity contribution in [1.82, 2.24) is 0 Å². The Balaban J connectivity index is 0.000001000. The number of hydrogen-bond acceptors (Lipinski definition) is 2. The molecule has 0 N–H and O–H groups in total. The van der Waals surface area contributed by atoms with Crippen LogP contribution < -0.4 is 34.7 Å². The van der Waals surface area contributed by atoms with Crippen LogP contribution >= 0.6 is 22.6 Å². The third-order valence-corrected chi connectivity index (χ3v) is 2.03. The average molecular weight is 270 g/mol. The molecule has 0 radical (unpaired) electrons. The van der Waals surface area contributed by atoms with Crippen molar-refractivity contribution in [2.75, 3.05) is 0 Å². The first-order valence-corrected chi connectivity index (χ1v) is 3.75. The molecule has 0 aliphatic rings. The summed E-state index contributed by atoms with van der Waals surface area (Å²) in [6, 6.07) is 6.71. The molecule has 0 aliphatic carbocycles. The molecule has 1 aromatic carbocycles. The minimum atomic E-state index is -1.12. The van der Waals surface area contributed by atoms with Crippen molar-refractivity contribution in [3.8, 4) is 0 Å². The molecule has 1 aromatic rings. The smallest absolute Gasteiger partial charge is 0.545 e. The first-order chi connectivity index (χ1) is 4.72. The second kappa shape index (κ2) is 5.13. The molecule has 0 saturated carbocycles. The van der Waals surface area contributed by atoms with Gasteiger partial charge in [0.2, 0.25) is 0 Å². The molecule has 52 valence electrons. The molecule has 4 heteroatoms. The normalized spacial score (nSPS) is 8.45. The van der Waals surface area contributed by atoms with Crippen molar-refractivity contribution in [1.29, 1.82) is 0 Å². The fraction of sp³-hybridized carbons (Fsp3) is 0. The Morgan fingerprint density at radius 3 is 2.27 bits per heavy atom. The summed E-state index contributed by atoms with van der Waals surface area (Å²) in [7, 11) is 0. The summed E-state index contributed by atoms with van der Waals surface area (Å²) in [5.74, 6) is -1.12. The number of benzene rings is 1. The first-order valence-electron chi connectivity index (χ1n) is 2.67. The molecule has 0 fully saturated rings. The van der Waals surface area contributed by atoms with Crippen molar-refractivity contribution in [2.45, 2.75) is 0 Å². The number of rotatable bonds is 1. The number of halogens is 1. The maximum atomic E-state index is 10.3. The van der Waals surface area contributed by atoms with Crippen molar-refractivity contribution in [3.05, 3.63) is 33.4 Å². The van der Waals surface area contributed by atoms with E-state index in [0.717, 1.165) is 0 Å². The third kappa shape index (κ3) is 3.11. The first kappa shape index (κ1) is 11.4. The molecule has 0 atom stereocenters. The number of hydrogen-bond donors (Lipinski definition) is 0. The average Bonchev–Trinajstić information content (AvgIpc) is 1.88. The van der Waals surface area contributed by atoms with Crippen LogP contribution in [0, 0.1) is 3.57 Å². The van der Waals surface area contributed by atoms with Gasteiger partial charge in [0.05, 0.1) is 5.97 Å². The van der Waals surface area contributed by atoms with Gasteiger partial charge in [-0.2, -0.15) is 0 Å². The fourth-order valence-electron chi connectivity index (χ4n) is 0.627. The van der Waals surface area contributed by atoms with Crippen molar-refractivity contribution < 1.29 is 39.5 Å². The second-order valence-electron chi connectivity index (χ2n) is 1.77. The molecule has 0 aliphatic heterocycles. The van der Waals surface area contributed by atoms with Gasteiger partial charge in [-0.25, -0.2) is 0 Å². The fourth-order valence-corrected chi connectivity index (χ4v) is 1.23. The standard InChI is InChI=1S/C7H5IO2.Na/c8-6-4-2-1-3-5(6)7(9)10;/h1-4H,(H,9,10);/q;+1/p-1. The Labute approximate surface area is 100 Å². The van der Waals surface area contributed by atoms with Gasteiger partial charge in [0.1, 0.15) is 0 Å². The predicted molar refractivity (Wildman–Crippen MR) is 43.5 cm³/mol. The maximum Gasteiger partial charge on any atom is 1.00 e. The van der Waals surface area contributed by atoms with Crippen molar-refractivity contribution >= 4 is 28.6 Å². The van der Waals surface area contributed by atoms with Crippen LogP contribution in [0.15, 0.2) is 24.3 Å². The van der Waals surface area contributed by atoms with Gasteiger partial charge < -0.3 is 9.90 Å². The van der Waals surface area contributed by atoms with Crippen molar-refractivity contribution in [2.24, 2.45) is 0 Å². The molecule has 0 spiro atoms. The zero-order valence-corrected chi connectivity index (χ0v) is 10.2. The second-order valence-corrected chi connectivity index (χ2v) is 2.93. The minimum absolute atomic E-state index is 0. The number of carboxylic acids is 1. The Kier molecular flexibility index (Phi) is 5.33. The monoisotopic (exact) mass is 270 g/mol. The summed E-state index contributed by atoms with van der Waals surface area (Å²) in [4.78, 5) is 10.3. The molecular weight excluding hydrogens is 266 g/mol. The summed E-state index contributed by atoms with van der Waals surface area (Å²) < 4.78 is 0.708. The zero-order chi connectivity index (χ0) is 7.56. The van der Waals surface area contributed by atoms with Crippen LogP contribution in [0.5, 0.6) is 0 Å². The molecule has 11 heavy (non-hydrogen) atoms. The SMILES string of the molecule is O=C([O-])c1ccccc1I.[Na+]. The number of aromatic carboxylic acids is 1. The molecule has 0 aromatic heterocycles. The topological polar surface area (TPSA) is 40.1 Å². The number of carbonyl (C=O) groups is 1. The van der Waals surface area contributed by atoms with E-state index in [1.165, 1.54) is 6.07 Å². The Bertz CT molecular complexity index is 262. The third-order valence-electron chi connectivity index (χ3n) is 1.09. The Hall–Kier alpha value is 0.420. The van der Waals surface area contributed by atoms with E-state index < -0.39 is 5.97 Å². The van der Waals surface area contributed by atoms with E-state index in [2.05, 4.69) is 0 Å². The van der Waals surface area contributed by atoms with Crippen LogP contribution in [0.25, 0.3) is 0 Å². The van der Waals surface area contributed by atoms with Crippen LogP contribution in [0.3, 0.4) is 0 Å². The van der Waals surface area contributed by atoms with E-state index in [0.29, 0.717) is 3.57 Å². The summed E-state index contributed by atoms with van der Waals surface area (Å²) >= 11 is 1.95. The van der Waals surface area contributed by atoms with E-state index in [1.807, 2.05) is 22.6 Å². The van der Waals surface area contributed by atoms with E-state index in [4.69, 9.17) is 0 Å². The molecule has 0 unspecified atom stereocenters. The summed E-state index contributed by atoms with van der Waals surface area (Å²) in [6.45, 7) is 0. The van der Waals surface area contributed by atoms with Crippen molar-refractivity contribution in [3.63, 3.8) is 0 Å². The Morgan fingerprint density at radius 2 is 1.91 bits per heavy atom. The van der Waals surface area contributed by atoms with E-state index in [9.17, 15) is 9.90 Å². The molecule has 0 amide bonds. The number of carbonyl (C=O) groups excluding carboxylic acids is 1. The van der Waals surface area contributed by atoms with Gasteiger partial charge >= 0.3 is 29.6 Å². The van der Waals surface area contributed by atoms with Crippen LogP contribution in [-0.4, -0.2) is 5.97 Å². The predicted octanol–water partition coefficient (Wildman–Crippen LogP) is -2.34. The van der Waals surface area contributed by atoms with Gasteiger partial charge in [-0.05, 0) is 28.7 Å². The van der Waals surface area contributed by atoms with Crippen LogP contribution in [0.4, 0.5) is 0 Å². The molecule has 0 saturated heterocycles. The molecule has 2 nitrogen and oxygen atoms in total. The Morgan fingerprint density at radius 1 is 1.36 bits per heavy atom. The van der Waals surface area contributed by atoms with Crippen LogP contribution in [0.2, 0.25) is 0 Å². The quantitative estimate of drug-likeness (QED) is 0.424. The molecule has 1 rings (SSSR count). The summed E-state index contributed by atoms with van der Waals surface area (Å²) in [6.07, 6.45) is 0. The van der Waals surface area contributed by atoms with Gasteiger partial charge in [0.15, 0.2) is 0 Å². The summed E-state index contributed by atoms with van der Waals surface area (Å²) in [5.41, 5.74) is 0.253. The van der Waals surface area contributed by atoms with Gasteiger partial charge in [-0.15, -0.1) is 0 Å². The zero-order valence-electron chi connectivity index (χ0n) is 6.00. The van der Waals surface area contributed by atoms with Gasteiger partial charge in [0.25, 0.3) is 0 Å². The van der Waals surface area contributed by atoms with Gasteiger partial charge in [-0.3, -0.25) is 0 Å². The van der Waals surface area contributed by atoms with Gasteiger partial charge in [0, 0.05) is 9.13 Å². The minimum Gasteiger partial charge on any atom is -0.545 e. The van der Waals surface area contributed by atoms with Crippen LogP contribution in [-0.2, 0) is 0 Å². The van der Waals surface area contributed by atoms with Crippen LogP contribution in [0.1, 0.15) is 10.4 Å². The van der Waals surface area contributed by atoms with E-state index in [-0.39, 0.29) is 35.1 Å².